The van der Waals surface area contributed by atoms with Crippen LogP contribution in [-0.2, 0) is 23.7 Å². The molecule has 0 spiro atoms. The van der Waals surface area contributed by atoms with Crippen molar-refractivity contribution in [2.75, 3.05) is 72.5 Å². The van der Waals surface area contributed by atoms with Crippen LogP contribution >= 0.6 is 21.6 Å². The Morgan fingerprint density at radius 2 is 1.66 bits per heavy atom. The molecule has 44 heavy (non-hydrogen) atoms. The summed E-state index contributed by atoms with van der Waals surface area (Å²) in [7, 11) is 3.33. The molecule has 0 aromatic heterocycles. The van der Waals surface area contributed by atoms with Gasteiger partial charge in [-0.2, -0.15) is 0 Å². The van der Waals surface area contributed by atoms with E-state index in [2.05, 4.69) is 43.2 Å². The van der Waals surface area contributed by atoms with Crippen LogP contribution in [0.5, 0.6) is 5.75 Å². The first-order valence-corrected chi connectivity index (χ1v) is 17.3. The van der Waals surface area contributed by atoms with Gasteiger partial charge in [-0.3, -0.25) is 9.59 Å². The summed E-state index contributed by atoms with van der Waals surface area (Å²) in [6, 6.07) is 7.06. The summed E-state index contributed by atoms with van der Waals surface area (Å²) in [5, 5.41) is 5.60. The van der Waals surface area contributed by atoms with Crippen LogP contribution in [0.1, 0.15) is 64.7 Å². The van der Waals surface area contributed by atoms with Crippen LogP contribution in [0, 0.1) is 17.8 Å². The van der Waals surface area contributed by atoms with Gasteiger partial charge in [-0.1, -0.05) is 74.1 Å². The number of benzene rings is 1. The monoisotopic (exact) mass is 655 g/mol. The Morgan fingerprint density at radius 3 is 2.36 bits per heavy atom. The molecule has 1 atom stereocenters. The van der Waals surface area contributed by atoms with Crippen molar-refractivity contribution in [1.82, 2.24) is 10.6 Å². The molecule has 4 N–H and O–H groups in total. The zero-order chi connectivity index (χ0) is 32.7. The zero-order valence-electron chi connectivity index (χ0n) is 27.3. The van der Waals surface area contributed by atoms with Crippen molar-refractivity contribution in [1.29, 1.82) is 0 Å². The summed E-state index contributed by atoms with van der Waals surface area (Å²) < 4.78 is 28.9. The second-order valence-corrected chi connectivity index (χ2v) is 14.8. The number of hydrogen-bond donors (Lipinski definition) is 3. The van der Waals surface area contributed by atoms with Gasteiger partial charge in [-0.25, -0.2) is 0 Å². The van der Waals surface area contributed by atoms with E-state index in [1.165, 1.54) is 0 Å². The smallest absolute Gasteiger partial charge is 0.251 e. The van der Waals surface area contributed by atoms with E-state index in [0.29, 0.717) is 96.0 Å². The Bertz CT molecular complexity index is 1010. The van der Waals surface area contributed by atoms with Gasteiger partial charge >= 0.3 is 0 Å². The van der Waals surface area contributed by atoms with Crippen molar-refractivity contribution in [3.05, 3.63) is 29.8 Å². The second-order valence-electron chi connectivity index (χ2n) is 11.3. The Hall–Kier alpha value is -1.98. The third-order valence-corrected chi connectivity index (χ3v) is 9.31. The van der Waals surface area contributed by atoms with Crippen LogP contribution in [0.25, 0.3) is 0 Å². The predicted octanol–water partition coefficient (Wildman–Crippen LogP) is 4.27. The maximum absolute atomic E-state index is 12.3. The summed E-state index contributed by atoms with van der Waals surface area (Å²) in [5.41, 5.74) is 5.99. The minimum atomic E-state index is -0.649. The van der Waals surface area contributed by atoms with Crippen molar-refractivity contribution in [2.45, 2.75) is 64.1 Å². The van der Waals surface area contributed by atoms with Gasteiger partial charge < -0.3 is 40.1 Å². The maximum atomic E-state index is 12.3. The van der Waals surface area contributed by atoms with Gasteiger partial charge in [-0.15, -0.1) is 0 Å². The Morgan fingerprint density at radius 1 is 0.932 bits per heavy atom. The van der Waals surface area contributed by atoms with E-state index >= 15 is 0 Å². The van der Waals surface area contributed by atoms with Crippen molar-refractivity contribution in [3.63, 3.8) is 0 Å². The number of amides is 2. The molecular formula is C32H53N3O7S2. The fourth-order valence-electron chi connectivity index (χ4n) is 3.23. The molecule has 12 heteroatoms. The minimum absolute atomic E-state index is 0.0194. The molecule has 10 nitrogen and oxygen atoms in total. The molecule has 2 amide bonds. The van der Waals surface area contributed by atoms with Gasteiger partial charge in [0.05, 0.1) is 33.0 Å². The molecular weight excluding hydrogens is 603 g/mol. The highest BCUT2D eigenvalue weighted by molar-refractivity contribution is 8.77. The van der Waals surface area contributed by atoms with Crippen molar-refractivity contribution in [3.8, 4) is 17.6 Å². The van der Waals surface area contributed by atoms with E-state index in [1.54, 1.807) is 39.8 Å². The predicted molar refractivity (Wildman–Crippen MR) is 180 cm³/mol. The molecule has 0 saturated heterocycles. The fraction of sp³-hybridized carbons (Fsp3) is 0.688. The van der Waals surface area contributed by atoms with E-state index in [0.717, 1.165) is 0 Å². The summed E-state index contributed by atoms with van der Waals surface area (Å²) in [5.74, 6) is 6.67. The maximum Gasteiger partial charge on any atom is 0.251 e. The summed E-state index contributed by atoms with van der Waals surface area (Å²) in [4.78, 5) is 23.5. The molecule has 0 unspecified atom stereocenters. The van der Waals surface area contributed by atoms with E-state index in [4.69, 9.17) is 29.4 Å². The molecule has 0 aliphatic heterocycles. The second kappa shape index (κ2) is 23.4. The highest BCUT2D eigenvalue weighted by Crippen LogP contribution is 2.44. The highest BCUT2D eigenvalue weighted by atomic mass is 33.1. The van der Waals surface area contributed by atoms with Crippen LogP contribution in [0.3, 0.4) is 0 Å². The standard InChI is InChI=1S/C32H53N3O7S2/c1-26(2)10-8-17-38-19-16-34-29(36)13-9-18-39-20-21-40-22-23-42-32(6,44-43-31(3,4)5)25-41-28-12-7-11-27(24-28)30(37)35-15-14-33/h7,11-12,24,26H,9,13-23,25,33H2,1-6H3,(H,34,36)(H,35,37)/t32-/m0/s1. The number of nitrogens with one attached hydrogen (secondary N) is 2. The Kier molecular flexibility index (Phi) is 21.3. The molecule has 250 valence electrons. The lowest BCUT2D eigenvalue weighted by molar-refractivity contribution is -0.121. The van der Waals surface area contributed by atoms with Crippen LogP contribution in [0.2, 0.25) is 0 Å². The lowest BCUT2D eigenvalue weighted by Gasteiger charge is -2.31. The first kappa shape index (κ1) is 40.0. The average molecular weight is 656 g/mol. The van der Waals surface area contributed by atoms with Crippen LogP contribution < -0.4 is 21.1 Å². The van der Waals surface area contributed by atoms with Crippen LogP contribution in [-0.4, -0.2) is 94.0 Å². The molecule has 1 aromatic rings. The lowest BCUT2D eigenvalue weighted by Crippen LogP contribution is -2.34. The van der Waals surface area contributed by atoms with Gasteiger partial charge in [0, 0.05) is 48.9 Å². The zero-order valence-corrected chi connectivity index (χ0v) is 29.0. The molecule has 0 aliphatic carbocycles. The summed E-state index contributed by atoms with van der Waals surface area (Å²) in [6.07, 6.45) is 1.04. The lowest BCUT2D eigenvalue weighted by atomic mass is 10.2. The van der Waals surface area contributed by atoms with Crippen molar-refractivity contribution in [2.24, 2.45) is 11.7 Å². The highest BCUT2D eigenvalue weighted by Gasteiger charge is 2.30. The van der Waals surface area contributed by atoms with Crippen molar-refractivity contribution < 1.29 is 33.3 Å². The van der Waals surface area contributed by atoms with Crippen molar-refractivity contribution >= 4 is 33.4 Å². The average Bonchev–Trinajstić information content (AvgIpc) is 2.98. The molecule has 0 heterocycles. The normalized spacial score (nSPS) is 12.7. The first-order chi connectivity index (χ1) is 20.9. The first-order valence-electron chi connectivity index (χ1n) is 15.1. The number of ether oxygens (including phenoxy) is 5. The number of carbonyl (C=O) groups excluding carboxylic acids is 2. The van der Waals surface area contributed by atoms with E-state index in [9.17, 15) is 9.59 Å². The van der Waals surface area contributed by atoms with E-state index in [-0.39, 0.29) is 23.2 Å². The number of hydrogen-bond acceptors (Lipinski definition) is 10. The molecule has 1 aromatic carbocycles. The number of rotatable bonds is 23. The summed E-state index contributed by atoms with van der Waals surface area (Å²) >= 11 is 0. The quantitative estimate of drug-likeness (QED) is 0.0680. The topological polar surface area (TPSA) is 130 Å². The third-order valence-electron chi connectivity index (χ3n) is 5.33. The number of carbonyl (C=O) groups is 2. The molecule has 0 fully saturated rings. The third kappa shape index (κ3) is 21.7. The molecule has 1 rings (SSSR count). The minimum Gasteiger partial charge on any atom is -0.490 e. The van der Waals surface area contributed by atoms with E-state index in [1.807, 2.05) is 26.8 Å². The Balaban J connectivity index is 2.28. The van der Waals surface area contributed by atoms with Crippen LogP contribution in [0.15, 0.2) is 24.3 Å². The van der Waals surface area contributed by atoms with Gasteiger partial charge in [0.2, 0.25) is 5.91 Å². The number of nitrogens with two attached hydrogens (primary N) is 1. The van der Waals surface area contributed by atoms with Gasteiger partial charge in [0.15, 0.2) is 4.93 Å². The van der Waals surface area contributed by atoms with Gasteiger partial charge in [0.25, 0.3) is 5.91 Å². The van der Waals surface area contributed by atoms with Gasteiger partial charge in [0.1, 0.15) is 19.0 Å². The SMILES string of the molecule is CC(C)C#CCOCCNC(=O)CCCOCCOCCO[C@](C)(COc1cccc(C(=O)NCCN)c1)SSC(C)(C)C. The Labute approximate surface area is 272 Å². The molecule has 0 aliphatic rings. The molecule has 0 bridgehead atoms. The van der Waals surface area contributed by atoms with Gasteiger partial charge in [-0.05, 0) is 31.5 Å². The summed E-state index contributed by atoms with van der Waals surface area (Å²) in [6.45, 7) is 17.0. The molecule has 0 saturated carbocycles. The van der Waals surface area contributed by atoms with Crippen LogP contribution in [0.4, 0.5) is 0 Å². The fourth-order valence-corrected chi connectivity index (χ4v) is 5.46. The van der Waals surface area contributed by atoms with E-state index < -0.39 is 4.93 Å². The molecule has 0 radical (unpaired) electrons. The largest absolute Gasteiger partial charge is 0.490 e.